The first kappa shape index (κ1) is 26.9. The Hall–Kier alpha value is -3.12. The molecule has 13 heteroatoms. The van der Waals surface area contributed by atoms with Gasteiger partial charge in [0.25, 0.3) is 5.79 Å². The van der Waals surface area contributed by atoms with E-state index in [1.54, 1.807) is 12.1 Å². The molecule has 37 heavy (non-hydrogen) atoms. The zero-order valence-electron chi connectivity index (χ0n) is 19.2. The first-order valence-electron chi connectivity index (χ1n) is 11.3. The van der Waals surface area contributed by atoms with E-state index in [-0.39, 0.29) is 31.7 Å². The third-order valence-corrected chi connectivity index (χ3v) is 6.22. The molecule has 0 atom stereocenters. The Balaban J connectivity index is 1.52. The maximum absolute atomic E-state index is 13.1. The number of nitrogens with one attached hydrogen (secondary N) is 2. The molecule has 1 spiro atoms. The van der Waals surface area contributed by atoms with Gasteiger partial charge in [0.1, 0.15) is 5.75 Å². The standard InChI is InChI=1S/C24H22ClF5N2O5/c25-18-6-5-17-16(9-10-31-12-22(17)36-19(33)7-8-20(34)37-22)21(18)32-11-14-1-3-15(4-2-14)35-13-23(26,27)24(28,29)30/h1-6,31-32H,7-13H2. The minimum absolute atomic E-state index is 0.0629. The molecule has 0 bridgehead atoms. The quantitative estimate of drug-likeness (QED) is 0.399. The Kier molecular flexibility index (Phi) is 7.52. The minimum atomic E-state index is -5.70. The summed E-state index contributed by atoms with van der Waals surface area (Å²) >= 11 is 6.46. The van der Waals surface area contributed by atoms with Gasteiger partial charge in [-0.1, -0.05) is 23.7 Å². The van der Waals surface area contributed by atoms with E-state index in [4.69, 9.17) is 21.1 Å². The number of fused-ring (bicyclic) bond motifs is 2. The number of halogens is 6. The fraction of sp³-hybridized carbons (Fsp3) is 0.417. The number of carbonyl (C=O) groups excluding carboxylic acids is 2. The van der Waals surface area contributed by atoms with Crippen molar-refractivity contribution in [1.29, 1.82) is 0 Å². The third-order valence-electron chi connectivity index (χ3n) is 5.90. The summed E-state index contributed by atoms with van der Waals surface area (Å²) in [5.74, 6) is -7.90. The zero-order valence-corrected chi connectivity index (χ0v) is 20.0. The summed E-state index contributed by atoms with van der Waals surface area (Å²) in [6.07, 6.45) is -5.43. The largest absolute Gasteiger partial charge is 0.487 e. The van der Waals surface area contributed by atoms with Crippen LogP contribution in [-0.4, -0.2) is 43.7 Å². The van der Waals surface area contributed by atoms with Crippen molar-refractivity contribution in [2.24, 2.45) is 0 Å². The second-order valence-corrected chi connectivity index (χ2v) is 8.97. The average molecular weight is 549 g/mol. The monoisotopic (exact) mass is 548 g/mol. The Labute approximate surface area is 213 Å². The molecule has 0 unspecified atom stereocenters. The lowest BCUT2D eigenvalue weighted by Gasteiger charge is -2.32. The predicted octanol–water partition coefficient (Wildman–Crippen LogP) is 4.71. The zero-order chi connectivity index (χ0) is 26.8. The van der Waals surface area contributed by atoms with Gasteiger partial charge in [0.2, 0.25) is 0 Å². The number of hydrogen-bond donors (Lipinski definition) is 2. The van der Waals surface area contributed by atoms with E-state index in [9.17, 15) is 31.5 Å². The lowest BCUT2D eigenvalue weighted by atomic mass is 9.96. The number of anilines is 1. The van der Waals surface area contributed by atoms with Crippen LogP contribution in [0, 0.1) is 0 Å². The number of alkyl halides is 5. The van der Waals surface area contributed by atoms with Crippen LogP contribution in [0.2, 0.25) is 5.02 Å². The molecule has 2 aliphatic heterocycles. The van der Waals surface area contributed by atoms with Gasteiger partial charge in [-0.25, -0.2) is 0 Å². The van der Waals surface area contributed by atoms with Gasteiger partial charge in [0, 0.05) is 12.1 Å². The molecule has 1 fully saturated rings. The molecular weight excluding hydrogens is 527 g/mol. The van der Waals surface area contributed by atoms with Crippen molar-refractivity contribution in [3.8, 4) is 5.75 Å². The number of esters is 2. The molecule has 2 heterocycles. The lowest BCUT2D eigenvalue weighted by molar-refractivity contribution is -0.290. The summed E-state index contributed by atoms with van der Waals surface area (Å²) in [5.41, 5.74) is 2.32. The smallest absolute Gasteiger partial charge is 0.456 e. The summed E-state index contributed by atoms with van der Waals surface area (Å²) in [5, 5.41) is 6.67. The number of carbonyl (C=O) groups is 2. The van der Waals surface area contributed by atoms with Crippen LogP contribution in [-0.2, 0) is 37.8 Å². The van der Waals surface area contributed by atoms with E-state index in [0.29, 0.717) is 40.4 Å². The molecule has 2 aliphatic rings. The average Bonchev–Trinajstić information content (AvgIpc) is 3.09. The summed E-state index contributed by atoms with van der Waals surface area (Å²) in [7, 11) is 0. The molecule has 0 radical (unpaired) electrons. The van der Waals surface area contributed by atoms with Gasteiger partial charge in [-0.2, -0.15) is 22.0 Å². The van der Waals surface area contributed by atoms with Crippen molar-refractivity contribution in [2.45, 2.75) is 43.7 Å². The van der Waals surface area contributed by atoms with E-state index >= 15 is 0 Å². The van der Waals surface area contributed by atoms with Crippen LogP contribution in [0.5, 0.6) is 5.75 Å². The number of benzene rings is 2. The number of hydrogen-bond acceptors (Lipinski definition) is 7. The van der Waals surface area contributed by atoms with E-state index < -0.39 is 36.4 Å². The van der Waals surface area contributed by atoms with Gasteiger partial charge >= 0.3 is 24.0 Å². The molecule has 0 saturated carbocycles. The molecule has 2 aromatic rings. The maximum Gasteiger partial charge on any atom is 0.456 e. The van der Waals surface area contributed by atoms with Crippen LogP contribution >= 0.6 is 11.6 Å². The van der Waals surface area contributed by atoms with E-state index in [1.165, 1.54) is 24.3 Å². The molecule has 2 aromatic carbocycles. The van der Waals surface area contributed by atoms with Gasteiger partial charge in [-0.3, -0.25) is 9.59 Å². The lowest BCUT2D eigenvalue weighted by Crippen LogP contribution is -2.43. The van der Waals surface area contributed by atoms with E-state index in [0.717, 1.165) is 0 Å². The Morgan fingerprint density at radius 1 is 0.973 bits per heavy atom. The second kappa shape index (κ2) is 10.3. The van der Waals surface area contributed by atoms with Gasteiger partial charge in [0.05, 0.1) is 30.1 Å². The predicted molar refractivity (Wildman–Crippen MR) is 121 cm³/mol. The van der Waals surface area contributed by atoms with E-state index in [1.807, 2.05) is 0 Å². The normalized spacial score (nSPS) is 17.8. The molecule has 200 valence electrons. The van der Waals surface area contributed by atoms with Gasteiger partial charge < -0.3 is 24.8 Å². The molecule has 0 amide bonds. The van der Waals surface area contributed by atoms with Crippen molar-refractivity contribution in [1.82, 2.24) is 5.32 Å². The van der Waals surface area contributed by atoms with Crippen molar-refractivity contribution < 1.29 is 45.8 Å². The van der Waals surface area contributed by atoms with E-state index in [2.05, 4.69) is 15.4 Å². The van der Waals surface area contributed by atoms with Crippen molar-refractivity contribution in [2.75, 3.05) is 25.0 Å². The molecule has 2 N–H and O–H groups in total. The number of rotatable bonds is 6. The van der Waals surface area contributed by atoms with Crippen molar-refractivity contribution in [3.05, 3.63) is 58.1 Å². The minimum Gasteiger partial charge on any atom is -0.487 e. The van der Waals surface area contributed by atoms with Crippen LogP contribution in [0.4, 0.5) is 27.6 Å². The molecule has 4 rings (SSSR count). The van der Waals surface area contributed by atoms with Gasteiger partial charge in [-0.15, -0.1) is 0 Å². The highest BCUT2D eigenvalue weighted by atomic mass is 35.5. The molecular formula is C24H22ClF5N2O5. The Bertz CT molecular complexity index is 1160. The molecule has 7 nitrogen and oxygen atoms in total. The molecule has 0 aliphatic carbocycles. The van der Waals surface area contributed by atoms with Crippen LogP contribution in [0.25, 0.3) is 0 Å². The highest BCUT2D eigenvalue weighted by molar-refractivity contribution is 6.33. The summed E-state index contributed by atoms with van der Waals surface area (Å²) in [6, 6.07) is 8.79. The summed E-state index contributed by atoms with van der Waals surface area (Å²) in [6.45, 7) is -1.08. The fourth-order valence-electron chi connectivity index (χ4n) is 4.02. The van der Waals surface area contributed by atoms with Gasteiger partial charge in [0.15, 0.2) is 6.61 Å². The van der Waals surface area contributed by atoms with Crippen LogP contribution in [0.3, 0.4) is 0 Å². The second-order valence-electron chi connectivity index (χ2n) is 8.56. The SMILES string of the molecule is O=C1CCC(=O)OC2(CNCCc3c2ccc(Cl)c3NCc2ccc(OCC(F)(F)C(F)(F)F)cc2)O1. The summed E-state index contributed by atoms with van der Waals surface area (Å²) in [4.78, 5) is 24.5. The fourth-order valence-corrected chi connectivity index (χ4v) is 4.26. The number of ether oxygens (including phenoxy) is 3. The summed E-state index contributed by atoms with van der Waals surface area (Å²) < 4.78 is 78.9. The third kappa shape index (κ3) is 5.90. The Morgan fingerprint density at radius 3 is 2.24 bits per heavy atom. The van der Waals surface area contributed by atoms with Crippen LogP contribution in [0.15, 0.2) is 36.4 Å². The van der Waals surface area contributed by atoms with Crippen molar-refractivity contribution >= 4 is 29.2 Å². The van der Waals surface area contributed by atoms with Gasteiger partial charge in [-0.05, 0) is 48.4 Å². The maximum atomic E-state index is 13.1. The Morgan fingerprint density at radius 2 is 1.62 bits per heavy atom. The molecule has 1 saturated heterocycles. The van der Waals surface area contributed by atoms with Crippen molar-refractivity contribution in [3.63, 3.8) is 0 Å². The highest BCUT2D eigenvalue weighted by Gasteiger charge is 2.58. The highest BCUT2D eigenvalue weighted by Crippen LogP contribution is 2.40. The topological polar surface area (TPSA) is 85.9 Å². The molecule has 0 aromatic heterocycles. The first-order chi connectivity index (χ1) is 17.4. The van der Waals surface area contributed by atoms with Crippen LogP contribution < -0.4 is 15.4 Å². The first-order valence-corrected chi connectivity index (χ1v) is 11.6. The van der Waals surface area contributed by atoms with Crippen LogP contribution in [0.1, 0.15) is 29.5 Å².